The molecule has 0 saturated carbocycles. The molecule has 7 nitrogen and oxygen atoms in total. The first-order valence-corrected chi connectivity index (χ1v) is 9.64. The molecule has 1 aliphatic heterocycles. The van der Waals surface area contributed by atoms with E-state index in [1.54, 1.807) is 6.07 Å². The van der Waals surface area contributed by atoms with Crippen molar-refractivity contribution in [1.82, 2.24) is 10.2 Å². The molecule has 1 aliphatic rings. The second kappa shape index (κ2) is 7.83. The first-order chi connectivity index (χ1) is 13.1. The van der Waals surface area contributed by atoms with Gasteiger partial charge in [-0.05, 0) is 65.8 Å². The minimum atomic E-state index is -0.587. The molecule has 1 saturated heterocycles. The van der Waals surface area contributed by atoms with Crippen molar-refractivity contribution in [2.75, 3.05) is 25.5 Å². The second-order valence-corrected chi connectivity index (χ2v) is 8.50. The summed E-state index contributed by atoms with van der Waals surface area (Å²) in [7, 11) is 2.11. The van der Waals surface area contributed by atoms with E-state index in [9.17, 15) is 9.59 Å². The van der Waals surface area contributed by atoms with E-state index < -0.39 is 17.2 Å². The molecular formula is C21H29N3O4. The second-order valence-electron chi connectivity index (χ2n) is 8.50. The number of urea groups is 1. The van der Waals surface area contributed by atoms with Crippen molar-refractivity contribution in [2.45, 2.75) is 52.2 Å². The molecule has 28 heavy (non-hydrogen) atoms. The van der Waals surface area contributed by atoms with E-state index in [0.717, 1.165) is 42.6 Å². The number of fused-ring (bicyclic) bond motifs is 1. The van der Waals surface area contributed by atoms with Crippen molar-refractivity contribution in [3.63, 3.8) is 0 Å². The normalized spacial score (nSPS) is 16.2. The van der Waals surface area contributed by atoms with Gasteiger partial charge in [0.05, 0.1) is 0 Å². The van der Waals surface area contributed by atoms with E-state index in [1.807, 2.05) is 39.8 Å². The lowest BCUT2D eigenvalue weighted by Crippen LogP contribution is -2.43. The van der Waals surface area contributed by atoms with Crippen LogP contribution in [0.2, 0.25) is 0 Å². The highest BCUT2D eigenvalue weighted by atomic mass is 16.5. The first kappa shape index (κ1) is 20.2. The molecule has 2 amide bonds. The summed E-state index contributed by atoms with van der Waals surface area (Å²) in [6, 6.07) is 4.94. The van der Waals surface area contributed by atoms with Gasteiger partial charge in [0.2, 0.25) is 0 Å². The third kappa shape index (κ3) is 4.84. The van der Waals surface area contributed by atoms with Gasteiger partial charge in [-0.3, -0.25) is 0 Å². The smallest absolute Gasteiger partial charge is 0.360 e. The topological polar surface area (TPSA) is 83.8 Å². The molecule has 3 rings (SSSR count). The number of nitrogens with zero attached hydrogens (tertiary/aromatic N) is 1. The van der Waals surface area contributed by atoms with Gasteiger partial charge in [-0.1, -0.05) is 0 Å². The maximum absolute atomic E-state index is 12.4. The zero-order valence-corrected chi connectivity index (χ0v) is 17.2. The van der Waals surface area contributed by atoms with E-state index >= 15 is 0 Å². The van der Waals surface area contributed by atoms with Gasteiger partial charge in [-0.25, -0.2) is 9.59 Å². The lowest BCUT2D eigenvalue weighted by molar-refractivity contribution is 0.113. The van der Waals surface area contributed by atoms with Crippen LogP contribution in [0.1, 0.15) is 39.2 Å². The molecule has 1 fully saturated rings. The Morgan fingerprint density at radius 1 is 1.25 bits per heavy atom. The van der Waals surface area contributed by atoms with Crippen molar-refractivity contribution < 1.29 is 13.9 Å². The molecule has 0 bridgehead atoms. The Labute approximate surface area is 165 Å². The number of ether oxygens (including phenoxy) is 1. The molecule has 152 valence electrons. The number of amides is 2. The number of piperidine rings is 1. The lowest BCUT2D eigenvalue weighted by atomic mass is 10.1. The average Bonchev–Trinajstić information content (AvgIpc) is 2.59. The molecule has 0 atom stereocenters. The summed E-state index contributed by atoms with van der Waals surface area (Å²) in [4.78, 5) is 26.7. The summed E-state index contributed by atoms with van der Waals surface area (Å²) < 4.78 is 11.7. The van der Waals surface area contributed by atoms with Crippen LogP contribution in [0.3, 0.4) is 0 Å². The molecule has 7 heteroatoms. The molecule has 2 heterocycles. The van der Waals surface area contributed by atoms with Gasteiger partial charge < -0.3 is 24.7 Å². The van der Waals surface area contributed by atoms with E-state index in [4.69, 9.17) is 9.15 Å². The highest BCUT2D eigenvalue weighted by molar-refractivity contribution is 5.92. The lowest BCUT2D eigenvalue weighted by Gasteiger charge is -2.29. The van der Waals surface area contributed by atoms with Gasteiger partial charge in [0.25, 0.3) is 0 Å². The number of nitrogens with one attached hydrogen (secondary N) is 2. The van der Waals surface area contributed by atoms with E-state index in [2.05, 4.69) is 22.6 Å². The zero-order valence-electron chi connectivity index (χ0n) is 17.2. The summed E-state index contributed by atoms with van der Waals surface area (Å²) in [6.45, 7) is 9.51. The summed E-state index contributed by atoms with van der Waals surface area (Å²) in [5.41, 5.74) is 0.392. The van der Waals surface area contributed by atoms with Crippen LogP contribution in [0.15, 0.2) is 27.4 Å². The SMILES string of the molecule is Cc1c(OC2CCN(C)CC2)ccc2cc(NC(=O)NC(C)(C)C)c(=O)oc12. The van der Waals surface area contributed by atoms with Crippen LogP contribution in [0, 0.1) is 6.92 Å². The van der Waals surface area contributed by atoms with Crippen LogP contribution < -0.4 is 21.0 Å². The third-order valence-corrected chi connectivity index (χ3v) is 4.80. The maximum Gasteiger partial charge on any atom is 0.360 e. The predicted molar refractivity (Wildman–Crippen MR) is 110 cm³/mol. The highest BCUT2D eigenvalue weighted by Gasteiger charge is 2.20. The summed E-state index contributed by atoms with van der Waals surface area (Å²) in [5, 5.41) is 6.06. The van der Waals surface area contributed by atoms with E-state index in [1.165, 1.54) is 0 Å². The Morgan fingerprint density at radius 3 is 2.57 bits per heavy atom. The number of carbonyl (C=O) groups is 1. The Morgan fingerprint density at radius 2 is 1.93 bits per heavy atom. The van der Waals surface area contributed by atoms with Gasteiger partial charge in [0.15, 0.2) is 0 Å². The van der Waals surface area contributed by atoms with Crippen molar-refractivity contribution in [3.05, 3.63) is 34.2 Å². The van der Waals surface area contributed by atoms with Crippen LogP contribution in [-0.4, -0.2) is 42.7 Å². The van der Waals surface area contributed by atoms with Gasteiger partial charge in [-0.15, -0.1) is 0 Å². The number of hydrogen-bond acceptors (Lipinski definition) is 5. The standard InChI is InChI=1S/C21H29N3O4/c1-13-17(27-15-8-10-24(5)11-9-15)7-6-14-12-16(19(25)28-18(13)14)22-20(26)23-21(2,3)4/h6-7,12,15H,8-11H2,1-5H3,(H2,22,23,26). The van der Waals surface area contributed by atoms with Crippen LogP contribution in [0.4, 0.5) is 10.5 Å². The highest BCUT2D eigenvalue weighted by Crippen LogP contribution is 2.29. The Hall–Kier alpha value is -2.54. The fraction of sp³-hybridized carbons (Fsp3) is 0.524. The van der Waals surface area contributed by atoms with Crippen LogP contribution in [0.5, 0.6) is 5.75 Å². The van der Waals surface area contributed by atoms with Crippen LogP contribution in [0.25, 0.3) is 11.0 Å². The van der Waals surface area contributed by atoms with Crippen molar-refractivity contribution in [2.24, 2.45) is 0 Å². The van der Waals surface area contributed by atoms with Gasteiger partial charge in [-0.2, -0.15) is 0 Å². The van der Waals surface area contributed by atoms with Crippen LogP contribution >= 0.6 is 0 Å². The molecular weight excluding hydrogens is 358 g/mol. The molecule has 0 aliphatic carbocycles. The quantitative estimate of drug-likeness (QED) is 0.788. The molecule has 2 N–H and O–H groups in total. The monoisotopic (exact) mass is 387 g/mol. The van der Waals surface area contributed by atoms with Gasteiger partial charge >= 0.3 is 11.7 Å². The fourth-order valence-electron chi connectivity index (χ4n) is 3.30. The molecule has 0 spiro atoms. The fourth-order valence-corrected chi connectivity index (χ4v) is 3.30. The van der Waals surface area contributed by atoms with E-state index in [-0.39, 0.29) is 11.8 Å². The van der Waals surface area contributed by atoms with Crippen molar-refractivity contribution >= 4 is 22.7 Å². The van der Waals surface area contributed by atoms with Gasteiger partial charge in [0.1, 0.15) is 23.1 Å². The predicted octanol–water partition coefficient (Wildman–Crippen LogP) is 3.49. The molecule has 0 radical (unpaired) electrons. The van der Waals surface area contributed by atoms with Gasteiger partial charge in [0, 0.05) is 29.6 Å². The Balaban J connectivity index is 1.82. The minimum absolute atomic E-state index is 0.109. The van der Waals surface area contributed by atoms with Crippen molar-refractivity contribution in [3.8, 4) is 5.75 Å². The van der Waals surface area contributed by atoms with Crippen LogP contribution in [-0.2, 0) is 0 Å². The zero-order chi connectivity index (χ0) is 20.5. The first-order valence-electron chi connectivity index (χ1n) is 9.64. The minimum Gasteiger partial charge on any atom is -0.490 e. The molecule has 2 aromatic rings. The van der Waals surface area contributed by atoms with E-state index in [0.29, 0.717) is 5.58 Å². The third-order valence-electron chi connectivity index (χ3n) is 4.80. The number of benzene rings is 1. The number of hydrogen-bond donors (Lipinski definition) is 2. The van der Waals surface area contributed by atoms with Crippen molar-refractivity contribution in [1.29, 1.82) is 0 Å². The largest absolute Gasteiger partial charge is 0.490 e. The summed E-state index contributed by atoms with van der Waals surface area (Å²) >= 11 is 0. The summed E-state index contributed by atoms with van der Waals surface area (Å²) in [5.74, 6) is 0.733. The number of aryl methyl sites for hydroxylation is 1. The number of rotatable bonds is 3. The average molecular weight is 387 g/mol. The Kier molecular flexibility index (Phi) is 5.65. The maximum atomic E-state index is 12.4. The number of anilines is 1. The number of likely N-dealkylation sites (tertiary alicyclic amines) is 1. The molecule has 1 aromatic carbocycles. The summed E-state index contributed by atoms with van der Waals surface area (Å²) in [6.07, 6.45) is 2.12. The number of carbonyl (C=O) groups excluding carboxylic acids is 1. The molecule has 0 unspecified atom stereocenters. The Bertz CT molecular complexity index is 922. The molecule has 1 aromatic heterocycles.